The second kappa shape index (κ2) is 4.62. The average Bonchev–Trinajstić information content (AvgIpc) is 2.12. The quantitative estimate of drug-likeness (QED) is 0.445. The third-order valence-electron chi connectivity index (χ3n) is 1.89. The van der Waals surface area contributed by atoms with Gasteiger partial charge in [0.05, 0.1) is 0 Å². The molecule has 2 N–H and O–H groups in total. The van der Waals surface area contributed by atoms with Gasteiger partial charge in [-0.25, -0.2) is 0 Å². The zero-order valence-electron chi connectivity index (χ0n) is 8.41. The van der Waals surface area contributed by atoms with Gasteiger partial charge in [0.15, 0.2) is 0 Å². The van der Waals surface area contributed by atoms with Crippen molar-refractivity contribution >= 4 is 19.2 Å². The Kier molecular flexibility index (Phi) is 4.56. The molecule has 3 nitrogen and oxygen atoms in total. The second-order valence-corrected chi connectivity index (χ2v) is 5.43. The Morgan fingerprint density at radius 2 is 1.00 bits per heavy atom. The van der Waals surface area contributed by atoms with Crippen LogP contribution in [0.3, 0.4) is 0 Å². The van der Waals surface area contributed by atoms with Crippen molar-refractivity contribution in [3.05, 3.63) is 0 Å². The van der Waals surface area contributed by atoms with Crippen LogP contribution in [0, 0.1) is 0 Å². The first-order valence-corrected chi connectivity index (χ1v) is 5.88. The Balaban J connectivity index is 6.15. The Labute approximate surface area is 107 Å². The zero-order chi connectivity index (χ0) is 17.0. The summed E-state index contributed by atoms with van der Waals surface area (Å²) in [5.74, 6) is -22.3. The minimum atomic E-state index is -7.57. The van der Waals surface area contributed by atoms with Crippen LogP contribution < -0.4 is 0 Å². The molecule has 122 valence electrons. The second-order valence-electron chi connectivity index (χ2n) is 3.31. The smallest absolute Gasteiger partial charge is 0.320 e. The molecule has 0 fully saturated rings. The number of halogens is 11. The molecular formula is C5H2ClF10O3P. The number of hydrogen-bond donors (Lipinski definition) is 2. The van der Waals surface area contributed by atoms with Crippen LogP contribution in [0.2, 0.25) is 0 Å². The molecular weight excluding hydrogens is 364 g/mol. The molecule has 0 aromatic rings. The van der Waals surface area contributed by atoms with Crippen molar-refractivity contribution in [2.24, 2.45) is 0 Å². The van der Waals surface area contributed by atoms with E-state index >= 15 is 0 Å². The molecule has 0 heterocycles. The Hall–Kier alpha value is -0.260. The number of hydrogen-bond acceptors (Lipinski definition) is 1. The van der Waals surface area contributed by atoms with Crippen molar-refractivity contribution < 1.29 is 58.3 Å². The first-order valence-electron chi connectivity index (χ1n) is 3.88. The van der Waals surface area contributed by atoms with E-state index in [0.29, 0.717) is 0 Å². The molecule has 0 spiro atoms. The van der Waals surface area contributed by atoms with E-state index in [-0.39, 0.29) is 0 Å². The molecule has 20 heavy (non-hydrogen) atoms. The molecule has 0 saturated heterocycles. The summed E-state index contributed by atoms with van der Waals surface area (Å²) in [6.07, 6.45) is 0. The molecule has 0 bridgehead atoms. The van der Waals surface area contributed by atoms with Gasteiger partial charge in [-0.15, -0.1) is 0 Å². The van der Waals surface area contributed by atoms with E-state index in [1.165, 1.54) is 0 Å². The van der Waals surface area contributed by atoms with E-state index in [0.717, 1.165) is 0 Å². The third-order valence-corrected chi connectivity index (χ3v) is 3.14. The Bertz CT molecular complexity index is 425. The molecule has 0 unspecified atom stereocenters. The van der Waals surface area contributed by atoms with E-state index in [9.17, 15) is 48.5 Å². The van der Waals surface area contributed by atoms with Gasteiger partial charge in [0.2, 0.25) is 0 Å². The molecule has 0 aliphatic heterocycles. The van der Waals surface area contributed by atoms with Crippen molar-refractivity contribution in [3.8, 4) is 0 Å². The molecule has 0 aliphatic rings. The average molecular weight is 366 g/mol. The summed E-state index contributed by atoms with van der Waals surface area (Å²) in [4.78, 5) is 15.6. The van der Waals surface area contributed by atoms with Crippen molar-refractivity contribution in [1.82, 2.24) is 0 Å². The monoisotopic (exact) mass is 366 g/mol. The summed E-state index contributed by atoms with van der Waals surface area (Å²) < 4.78 is 134. The minimum absolute atomic E-state index is 3.44. The maximum atomic E-state index is 12.6. The molecule has 15 heteroatoms. The van der Waals surface area contributed by atoms with E-state index in [4.69, 9.17) is 9.79 Å². The molecule has 0 radical (unpaired) electrons. The van der Waals surface area contributed by atoms with Gasteiger partial charge in [0.25, 0.3) is 0 Å². The predicted octanol–water partition coefficient (Wildman–Crippen LogP) is 3.49. The molecule has 0 aromatic heterocycles. The first-order chi connectivity index (χ1) is 8.25. The number of rotatable bonds is 5. The standard InChI is InChI=1S/C5H2ClF10O3P/c6-4(13,14)2(9,10)1(7,8)3(11,12)5(15,16)20(17,18)19/h(H2,17,18,19). The molecule has 0 aromatic carbocycles. The number of alkyl halides is 11. The van der Waals surface area contributed by atoms with Crippen LogP contribution in [0.5, 0.6) is 0 Å². The fourth-order valence-corrected chi connectivity index (χ4v) is 1.37. The van der Waals surface area contributed by atoms with Gasteiger partial charge in [-0.05, 0) is 11.6 Å². The molecule has 0 atom stereocenters. The van der Waals surface area contributed by atoms with Crippen LogP contribution in [-0.4, -0.2) is 38.6 Å². The van der Waals surface area contributed by atoms with Crippen LogP contribution in [-0.2, 0) is 4.57 Å². The van der Waals surface area contributed by atoms with Crippen LogP contribution in [0.4, 0.5) is 43.9 Å². The van der Waals surface area contributed by atoms with Crippen molar-refractivity contribution in [3.63, 3.8) is 0 Å². The minimum Gasteiger partial charge on any atom is -0.320 e. The van der Waals surface area contributed by atoms with Gasteiger partial charge in [0.1, 0.15) is 0 Å². The fourth-order valence-electron chi connectivity index (χ4n) is 0.747. The lowest BCUT2D eigenvalue weighted by atomic mass is 10.0. The van der Waals surface area contributed by atoms with E-state index in [1.54, 1.807) is 0 Å². The topological polar surface area (TPSA) is 57.5 Å². The Morgan fingerprint density at radius 1 is 0.700 bits per heavy atom. The van der Waals surface area contributed by atoms with Gasteiger partial charge in [0, 0.05) is 0 Å². The van der Waals surface area contributed by atoms with Gasteiger partial charge >= 0.3 is 36.4 Å². The van der Waals surface area contributed by atoms with E-state index in [1.807, 2.05) is 0 Å². The van der Waals surface area contributed by atoms with E-state index in [2.05, 4.69) is 11.6 Å². The maximum absolute atomic E-state index is 12.6. The summed E-state index contributed by atoms with van der Waals surface area (Å²) >= 11 is 3.44. The van der Waals surface area contributed by atoms with Gasteiger partial charge < -0.3 is 9.79 Å². The summed E-state index contributed by atoms with van der Waals surface area (Å²) in [5, 5.41) is -6.40. The van der Waals surface area contributed by atoms with Gasteiger partial charge in [-0.2, -0.15) is 43.9 Å². The fraction of sp³-hybridized carbons (Fsp3) is 1.00. The summed E-state index contributed by atoms with van der Waals surface area (Å²) in [6.45, 7) is 0. The van der Waals surface area contributed by atoms with E-state index < -0.39 is 36.4 Å². The lowest BCUT2D eigenvalue weighted by molar-refractivity contribution is -0.377. The third kappa shape index (κ3) is 2.48. The molecule has 0 rings (SSSR count). The molecule has 0 amide bonds. The predicted molar refractivity (Wildman–Crippen MR) is 42.6 cm³/mol. The highest BCUT2D eigenvalue weighted by Gasteiger charge is 2.89. The van der Waals surface area contributed by atoms with Crippen molar-refractivity contribution in [2.45, 2.75) is 28.8 Å². The largest absolute Gasteiger partial charge is 0.413 e. The van der Waals surface area contributed by atoms with Crippen LogP contribution in [0.15, 0.2) is 0 Å². The summed E-state index contributed by atoms with van der Waals surface area (Å²) in [7, 11) is -7.39. The van der Waals surface area contributed by atoms with Crippen LogP contribution >= 0.6 is 19.2 Å². The van der Waals surface area contributed by atoms with Crippen molar-refractivity contribution in [1.29, 1.82) is 0 Å². The van der Waals surface area contributed by atoms with Crippen LogP contribution in [0.25, 0.3) is 0 Å². The van der Waals surface area contributed by atoms with Gasteiger partial charge in [-0.1, -0.05) is 0 Å². The normalized spacial score (nSPS) is 16.4. The SMILES string of the molecule is O=P(O)(O)C(F)(F)C(F)(F)C(F)(F)C(F)(F)C(F)(F)Cl. The van der Waals surface area contributed by atoms with Gasteiger partial charge in [-0.3, -0.25) is 4.57 Å². The van der Waals surface area contributed by atoms with Crippen molar-refractivity contribution in [2.75, 3.05) is 0 Å². The Morgan fingerprint density at radius 3 is 1.20 bits per heavy atom. The zero-order valence-corrected chi connectivity index (χ0v) is 10.1. The summed E-state index contributed by atoms with van der Waals surface area (Å²) in [5.41, 5.74) is -7.05. The highest BCUT2D eigenvalue weighted by molar-refractivity contribution is 7.53. The van der Waals surface area contributed by atoms with Crippen LogP contribution in [0.1, 0.15) is 0 Å². The lowest BCUT2D eigenvalue weighted by Gasteiger charge is -2.37. The maximum Gasteiger partial charge on any atom is 0.413 e. The molecule has 0 aliphatic carbocycles. The highest BCUT2D eigenvalue weighted by atomic mass is 35.5. The highest BCUT2D eigenvalue weighted by Crippen LogP contribution is 2.67. The first kappa shape index (κ1) is 19.7. The summed E-state index contributed by atoms with van der Waals surface area (Å²) in [6, 6.07) is 0. The lowest BCUT2D eigenvalue weighted by Crippen LogP contribution is -2.65. The molecule has 0 saturated carbocycles.